The second-order valence-electron chi connectivity index (χ2n) is 8.35. The normalized spacial score (nSPS) is 17.9. The summed E-state index contributed by atoms with van der Waals surface area (Å²) in [6.45, 7) is 1.81. The third kappa shape index (κ3) is 3.56. The molecule has 0 bridgehead atoms. The number of aryl methyl sites for hydroxylation is 1. The van der Waals surface area contributed by atoms with E-state index in [9.17, 15) is 4.79 Å². The molecule has 32 heavy (non-hydrogen) atoms. The zero-order valence-electron chi connectivity index (χ0n) is 18.1. The molecule has 1 aromatic carbocycles. The molecule has 0 saturated carbocycles. The van der Waals surface area contributed by atoms with Gasteiger partial charge in [0, 0.05) is 35.6 Å². The molecule has 8 nitrogen and oxygen atoms in total. The number of nitrogens with one attached hydrogen (secondary N) is 1. The fraction of sp³-hybridized carbons (Fsp3) is 0.391. The molecular formula is C23H27N6O2S+. The predicted octanol–water partition coefficient (Wildman–Crippen LogP) is 1.93. The number of ether oxygens (including phenoxy) is 1. The first-order valence-corrected chi connectivity index (χ1v) is 11.7. The lowest BCUT2D eigenvalue weighted by Crippen LogP contribution is -2.36. The quantitative estimate of drug-likeness (QED) is 0.403. The molecule has 2 aromatic heterocycles. The van der Waals surface area contributed by atoms with E-state index in [2.05, 4.69) is 15.3 Å². The third-order valence-electron chi connectivity index (χ3n) is 6.45. The van der Waals surface area contributed by atoms with Crippen molar-refractivity contribution in [3.05, 3.63) is 34.5 Å². The van der Waals surface area contributed by atoms with Crippen LogP contribution in [-0.2, 0) is 17.6 Å². The summed E-state index contributed by atoms with van der Waals surface area (Å²) in [5, 5.41) is 10.2. The molecule has 2 aliphatic rings. The van der Waals surface area contributed by atoms with Gasteiger partial charge in [-0.1, -0.05) is 0 Å². The number of aromatic nitrogens is 2. The van der Waals surface area contributed by atoms with Gasteiger partial charge in [0.15, 0.2) is 6.21 Å². The molecule has 5 N–H and O–H groups in total. The number of benzene rings is 1. The second kappa shape index (κ2) is 8.38. The maximum absolute atomic E-state index is 12.9. The minimum atomic E-state index is 0.0675. The van der Waals surface area contributed by atoms with Gasteiger partial charge >= 0.3 is 0 Å². The number of nitrogens with zero attached hydrogens (tertiary/aromatic N) is 3. The van der Waals surface area contributed by atoms with Crippen molar-refractivity contribution in [3.8, 4) is 5.75 Å². The molecular weight excluding hydrogens is 424 g/mol. The van der Waals surface area contributed by atoms with Gasteiger partial charge in [0.25, 0.3) is 0 Å². The molecule has 1 amide bonds. The summed E-state index contributed by atoms with van der Waals surface area (Å²) in [6, 6.07) is 3.60. The summed E-state index contributed by atoms with van der Waals surface area (Å²) in [5.74, 6) is 1.72. The molecule has 0 radical (unpaired) electrons. The highest BCUT2D eigenvalue weighted by atomic mass is 32.1. The molecule has 9 heteroatoms. The average Bonchev–Trinajstić information content (AvgIpc) is 3.47. The summed E-state index contributed by atoms with van der Waals surface area (Å²) in [6.07, 6.45) is 7.77. The molecule has 1 aliphatic carbocycles. The number of anilines is 3. The standard InChI is InChI=1S/C23H26N6O2S/c1-31-18-10-16(25)14(11-24)8-17(18)28-21-20-15-5-4-13(23(30)29-6-2-3-7-29)9-19(15)32-22(20)27-12-26-21/h8,10-13,24H,2-7,9,25H2,1H3,(H,26,27,28)/p+1/t13-/m0/s1. The van der Waals surface area contributed by atoms with E-state index in [4.69, 9.17) is 15.9 Å². The van der Waals surface area contributed by atoms with Gasteiger partial charge in [-0.15, -0.1) is 11.3 Å². The lowest BCUT2D eigenvalue weighted by molar-refractivity contribution is -0.134. The molecule has 1 fully saturated rings. The van der Waals surface area contributed by atoms with E-state index in [0.717, 1.165) is 66.9 Å². The lowest BCUT2D eigenvalue weighted by atomic mass is 9.87. The third-order valence-corrected chi connectivity index (χ3v) is 7.61. The number of nitrogens with two attached hydrogens (primary N) is 2. The van der Waals surface area contributed by atoms with Gasteiger partial charge in [-0.25, -0.2) is 9.97 Å². The lowest BCUT2D eigenvalue weighted by Gasteiger charge is -2.26. The van der Waals surface area contributed by atoms with E-state index in [1.54, 1.807) is 30.8 Å². The van der Waals surface area contributed by atoms with Crippen molar-refractivity contribution in [2.45, 2.75) is 32.1 Å². The van der Waals surface area contributed by atoms with Crippen molar-refractivity contribution in [2.75, 3.05) is 31.2 Å². The molecule has 3 heterocycles. The number of nitrogen functional groups attached to an aromatic ring is 1. The van der Waals surface area contributed by atoms with E-state index < -0.39 is 0 Å². The topological polar surface area (TPSA) is 119 Å². The Morgan fingerprint density at radius 3 is 2.91 bits per heavy atom. The van der Waals surface area contributed by atoms with Crippen LogP contribution in [-0.4, -0.2) is 47.2 Å². The highest BCUT2D eigenvalue weighted by Crippen LogP contribution is 2.42. The van der Waals surface area contributed by atoms with Gasteiger partial charge in [0.2, 0.25) is 5.91 Å². The number of hydrogen-bond acceptors (Lipinski definition) is 7. The number of methoxy groups -OCH3 is 1. The zero-order chi connectivity index (χ0) is 22.2. The first kappa shape index (κ1) is 20.7. The van der Waals surface area contributed by atoms with E-state index >= 15 is 0 Å². The molecule has 0 unspecified atom stereocenters. The van der Waals surface area contributed by atoms with Gasteiger partial charge < -0.3 is 20.7 Å². The first-order valence-electron chi connectivity index (χ1n) is 10.9. The van der Waals surface area contributed by atoms with Gasteiger partial charge in [-0.2, -0.15) is 0 Å². The van der Waals surface area contributed by atoms with Crippen molar-refractivity contribution in [1.29, 1.82) is 0 Å². The Bertz CT molecular complexity index is 1200. The van der Waals surface area contributed by atoms with Gasteiger partial charge in [-0.05, 0) is 43.7 Å². The fourth-order valence-corrected chi connectivity index (χ4v) is 6.03. The van der Waals surface area contributed by atoms with Crippen LogP contribution in [0.3, 0.4) is 0 Å². The Morgan fingerprint density at radius 2 is 2.16 bits per heavy atom. The van der Waals surface area contributed by atoms with Crippen molar-refractivity contribution in [3.63, 3.8) is 0 Å². The van der Waals surface area contributed by atoms with E-state index in [0.29, 0.717) is 22.9 Å². The van der Waals surface area contributed by atoms with Crippen molar-refractivity contribution < 1.29 is 14.9 Å². The molecule has 166 valence electrons. The van der Waals surface area contributed by atoms with Crippen LogP contribution in [0.2, 0.25) is 0 Å². The van der Waals surface area contributed by atoms with Crippen molar-refractivity contribution in [2.24, 2.45) is 5.92 Å². The SMILES string of the molecule is COc1cc(N)c(C=[NH2+])cc1Nc1ncnc2sc3c(c12)CC[C@H](C(=O)N1CCCC1)C3. The molecule has 3 aromatic rings. The number of fused-ring (bicyclic) bond motifs is 3. The number of likely N-dealkylation sites (tertiary alicyclic amines) is 1. The number of carbonyl (C=O) groups is 1. The number of thiophene rings is 1. The van der Waals surface area contributed by atoms with Gasteiger partial charge in [-0.3, -0.25) is 10.2 Å². The molecule has 0 spiro atoms. The van der Waals surface area contributed by atoms with Crippen molar-refractivity contribution >= 4 is 50.9 Å². The number of carbonyl (C=O) groups excluding carboxylic acids is 1. The Balaban J connectivity index is 1.48. The Labute approximate surface area is 190 Å². The van der Waals surface area contributed by atoms with Crippen LogP contribution in [0.5, 0.6) is 5.75 Å². The largest absolute Gasteiger partial charge is 0.494 e. The highest BCUT2D eigenvalue weighted by Gasteiger charge is 2.32. The minimum Gasteiger partial charge on any atom is -0.494 e. The smallest absolute Gasteiger partial charge is 0.226 e. The summed E-state index contributed by atoms with van der Waals surface area (Å²) in [4.78, 5) is 26.2. The van der Waals surface area contributed by atoms with Gasteiger partial charge in [0.05, 0.1) is 23.7 Å². The summed E-state index contributed by atoms with van der Waals surface area (Å²) in [7, 11) is 1.60. The first-order chi connectivity index (χ1) is 15.6. The highest BCUT2D eigenvalue weighted by molar-refractivity contribution is 7.19. The van der Waals surface area contributed by atoms with E-state index in [-0.39, 0.29) is 5.92 Å². The zero-order valence-corrected chi connectivity index (χ0v) is 18.9. The predicted molar refractivity (Wildman–Crippen MR) is 127 cm³/mol. The average molecular weight is 452 g/mol. The summed E-state index contributed by atoms with van der Waals surface area (Å²) >= 11 is 1.67. The number of amides is 1. The van der Waals surface area contributed by atoms with Crippen LogP contribution >= 0.6 is 11.3 Å². The number of rotatable bonds is 5. The van der Waals surface area contributed by atoms with Crippen LogP contribution in [0.4, 0.5) is 17.2 Å². The van der Waals surface area contributed by atoms with Crippen LogP contribution in [0.25, 0.3) is 10.2 Å². The van der Waals surface area contributed by atoms with Crippen LogP contribution in [0.1, 0.15) is 35.3 Å². The van der Waals surface area contributed by atoms with Gasteiger partial charge in [0.1, 0.15) is 22.7 Å². The molecule has 1 saturated heterocycles. The molecule has 5 rings (SSSR count). The Morgan fingerprint density at radius 1 is 1.34 bits per heavy atom. The second-order valence-corrected chi connectivity index (χ2v) is 9.44. The minimum absolute atomic E-state index is 0.0675. The molecule has 1 aliphatic heterocycles. The van der Waals surface area contributed by atoms with Crippen molar-refractivity contribution in [1.82, 2.24) is 14.9 Å². The maximum atomic E-state index is 12.9. The summed E-state index contributed by atoms with van der Waals surface area (Å²) in [5.41, 5.74) is 9.29. The van der Waals surface area contributed by atoms with Crippen LogP contribution in [0, 0.1) is 5.92 Å². The number of hydrogen-bond donors (Lipinski definition) is 3. The van der Waals surface area contributed by atoms with Crippen LogP contribution < -0.4 is 21.2 Å². The Hall–Kier alpha value is -3.20. The fourth-order valence-electron chi connectivity index (χ4n) is 4.76. The Kier molecular flexibility index (Phi) is 5.42. The van der Waals surface area contributed by atoms with E-state index in [1.807, 2.05) is 11.0 Å². The summed E-state index contributed by atoms with van der Waals surface area (Å²) < 4.78 is 5.51. The monoisotopic (exact) mass is 451 g/mol. The molecule has 1 atom stereocenters. The van der Waals surface area contributed by atoms with Crippen LogP contribution in [0.15, 0.2) is 18.5 Å². The maximum Gasteiger partial charge on any atom is 0.226 e. The van der Waals surface area contributed by atoms with E-state index in [1.165, 1.54) is 16.7 Å².